The van der Waals surface area contributed by atoms with Crippen molar-refractivity contribution in [2.24, 2.45) is 0 Å². The monoisotopic (exact) mass is 264 g/mol. The number of carbonyl (C=O) groups excluding carboxylic acids is 1. The van der Waals surface area contributed by atoms with Crippen LogP contribution in [0.5, 0.6) is 0 Å². The first kappa shape index (κ1) is 13.6. The summed E-state index contributed by atoms with van der Waals surface area (Å²) in [6, 6.07) is 4.21. The molecular formula is C13H20N4O2. The second kappa shape index (κ2) is 6.38. The van der Waals surface area contributed by atoms with Gasteiger partial charge in [-0.15, -0.1) is 0 Å². The van der Waals surface area contributed by atoms with Crippen LogP contribution >= 0.6 is 0 Å². The average Bonchev–Trinajstić information content (AvgIpc) is 2.86. The van der Waals surface area contributed by atoms with E-state index in [0.717, 1.165) is 31.9 Å². The lowest BCUT2D eigenvalue weighted by molar-refractivity contribution is 0.166. The molecule has 2 N–H and O–H groups in total. The number of aromatic nitrogens is 1. The number of ether oxygens (including phenoxy) is 1. The Balaban J connectivity index is 1.82. The van der Waals surface area contributed by atoms with Crippen molar-refractivity contribution in [3.8, 4) is 0 Å². The van der Waals surface area contributed by atoms with Crippen LogP contribution in [0.1, 0.15) is 12.0 Å². The van der Waals surface area contributed by atoms with Crippen LogP contribution in [-0.2, 0) is 11.3 Å². The zero-order valence-corrected chi connectivity index (χ0v) is 11.3. The van der Waals surface area contributed by atoms with Crippen molar-refractivity contribution >= 4 is 11.9 Å². The molecule has 0 spiro atoms. The summed E-state index contributed by atoms with van der Waals surface area (Å²) < 4.78 is 4.61. The molecular weight excluding hydrogens is 244 g/mol. The molecule has 0 radical (unpaired) electrons. The Morgan fingerprint density at radius 1 is 1.58 bits per heavy atom. The number of amides is 1. The molecule has 0 aliphatic carbocycles. The number of pyridine rings is 1. The molecule has 6 nitrogen and oxygen atoms in total. The Labute approximate surface area is 113 Å². The van der Waals surface area contributed by atoms with Gasteiger partial charge in [0.1, 0.15) is 5.82 Å². The number of hydrogen-bond donors (Lipinski definition) is 2. The molecule has 1 aromatic rings. The summed E-state index contributed by atoms with van der Waals surface area (Å²) in [4.78, 5) is 17.7. The fourth-order valence-electron chi connectivity index (χ4n) is 2.24. The highest BCUT2D eigenvalue weighted by Crippen LogP contribution is 2.14. The van der Waals surface area contributed by atoms with Crippen molar-refractivity contribution in [2.75, 3.05) is 32.6 Å². The number of rotatable bonds is 4. The van der Waals surface area contributed by atoms with Gasteiger partial charge in [-0.1, -0.05) is 6.07 Å². The van der Waals surface area contributed by atoms with E-state index >= 15 is 0 Å². The minimum atomic E-state index is -0.355. The molecule has 1 aromatic heterocycles. The topological polar surface area (TPSA) is 66.5 Å². The molecule has 0 aromatic carbocycles. The fraction of sp³-hybridized carbons (Fsp3) is 0.538. The van der Waals surface area contributed by atoms with E-state index in [-0.39, 0.29) is 12.1 Å². The molecule has 1 unspecified atom stereocenters. The van der Waals surface area contributed by atoms with Crippen LogP contribution in [0.2, 0.25) is 0 Å². The third-order valence-corrected chi connectivity index (χ3v) is 3.27. The fourth-order valence-corrected chi connectivity index (χ4v) is 2.24. The van der Waals surface area contributed by atoms with Crippen LogP contribution in [0.15, 0.2) is 18.3 Å². The van der Waals surface area contributed by atoms with E-state index in [0.29, 0.717) is 0 Å². The zero-order valence-electron chi connectivity index (χ0n) is 11.3. The standard InChI is InChI=1S/C13H20N4O2/c1-14-12-4-3-10(7-15-12)8-17-6-5-11(9-17)16-13(18)19-2/h3-4,7,11H,5-6,8-9H2,1-2H3,(H,14,15)(H,16,18). The summed E-state index contributed by atoms with van der Waals surface area (Å²) in [5, 5.41) is 5.83. The molecule has 1 amide bonds. The van der Waals surface area contributed by atoms with Crippen LogP contribution in [0.4, 0.5) is 10.6 Å². The molecule has 1 aliphatic rings. The summed E-state index contributed by atoms with van der Waals surface area (Å²) in [6.07, 6.45) is 2.48. The highest BCUT2D eigenvalue weighted by molar-refractivity contribution is 5.67. The summed E-state index contributed by atoms with van der Waals surface area (Å²) >= 11 is 0. The van der Waals surface area contributed by atoms with E-state index in [1.54, 1.807) is 0 Å². The van der Waals surface area contributed by atoms with E-state index in [9.17, 15) is 4.79 Å². The van der Waals surface area contributed by atoms with Crippen molar-refractivity contribution in [3.05, 3.63) is 23.9 Å². The van der Waals surface area contributed by atoms with Crippen LogP contribution in [-0.4, -0.2) is 49.3 Å². The first-order valence-electron chi connectivity index (χ1n) is 6.41. The molecule has 0 saturated carbocycles. The van der Waals surface area contributed by atoms with Gasteiger partial charge >= 0.3 is 6.09 Å². The second-order valence-electron chi connectivity index (χ2n) is 4.66. The van der Waals surface area contributed by atoms with E-state index in [2.05, 4.69) is 31.3 Å². The number of anilines is 1. The van der Waals surface area contributed by atoms with Crippen molar-refractivity contribution < 1.29 is 9.53 Å². The molecule has 1 fully saturated rings. The summed E-state index contributed by atoms with van der Waals surface area (Å²) in [5.74, 6) is 0.871. The maximum absolute atomic E-state index is 11.1. The van der Waals surface area contributed by atoms with Gasteiger partial charge in [-0.25, -0.2) is 9.78 Å². The summed E-state index contributed by atoms with van der Waals surface area (Å²) in [7, 11) is 3.24. The number of methoxy groups -OCH3 is 1. The van der Waals surface area contributed by atoms with Gasteiger partial charge in [0.2, 0.25) is 0 Å². The van der Waals surface area contributed by atoms with Crippen molar-refractivity contribution in [1.82, 2.24) is 15.2 Å². The number of nitrogens with one attached hydrogen (secondary N) is 2. The van der Waals surface area contributed by atoms with Gasteiger partial charge in [0.05, 0.1) is 7.11 Å². The lowest BCUT2D eigenvalue weighted by Crippen LogP contribution is -2.36. The third kappa shape index (κ3) is 3.82. The Morgan fingerprint density at radius 3 is 3.05 bits per heavy atom. The first-order chi connectivity index (χ1) is 9.21. The molecule has 2 heterocycles. The van der Waals surface area contributed by atoms with Gasteiger partial charge in [-0.05, 0) is 18.1 Å². The van der Waals surface area contributed by atoms with Gasteiger partial charge in [0.25, 0.3) is 0 Å². The number of likely N-dealkylation sites (tertiary alicyclic amines) is 1. The SMILES string of the molecule is CNc1ccc(CN2CCC(NC(=O)OC)C2)cn1. The molecule has 2 rings (SSSR count). The molecule has 6 heteroatoms. The minimum absolute atomic E-state index is 0.178. The van der Waals surface area contributed by atoms with E-state index in [4.69, 9.17) is 0 Å². The molecule has 1 atom stereocenters. The third-order valence-electron chi connectivity index (χ3n) is 3.27. The highest BCUT2D eigenvalue weighted by Gasteiger charge is 2.23. The van der Waals surface area contributed by atoms with Crippen molar-refractivity contribution in [2.45, 2.75) is 19.0 Å². The summed E-state index contributed by atoms with van der Waals surface area (Å²) in [5.41, 5.74) is 1.18. The van der Waals surface area contributed by atoms with Crippen LogP contribution < -0.4 is 10.6 Å². The maximum Gasteiger partial charge on any atom is 0.407 e. The lowest BCUT2D eigenvalue weighted by Gasteiger charge is -2.16. The molecule has 104 valence electrons. The Hall–Kier alpha value is -1.82. The quantitative estimate of drug-likeness (QED) is 0.851. The van der Waals surface area contributed by atoms with Crippen LogP contribution in [0.25, 0.3) is 0 Å². The molecule has 1 aliphatic heterocycles. The predicted molar refractivity (Wildman–Crippen MR) is 73.0 cm³/mol. The van der Waals surface area contributed by atoms with Crippen molar-refractivity contribution in [3.63, 3.8) is 0 Å². The van der Waals surface area contributed by atoms with E-state index < -0.39 is 0 Å². The number of alkyl carbamates (subject to hydrolysis) is 1. The Kier molecular flexibility index (Phi) is 4.57. The maximum atomic E-state index is 11.1. The van der Waals surface area contributed by atoms with Gasteiger partial charge < -0.3 is 15.4 Å². The summed E-state index contributed by atoms with van der Waals surface area (Å²) in [6.45, 7) is 2.68. The average molecular weight is 264 g/mol. The first-order valence-corrected chi connectivity index (χ1v) is 6.41. The Bertz CT molecular complexity index is 421. The molecule has 19 heavy (non-hydrogen) atoms. The highest BCUT2D eigenvalue weighted by atomic mass is 16.5. The molecule has 1 saturated heterocycles. The van der Waals surface area contributed by atoms with Gasteiger partial charge in [-0.3, -0.25) is 4.90 Å². The predicted octanol–water partition coefficient (Wildman–Crippen LogP) is 1.05. The number of carbonyl (C=O) groups is 1. The number of nitrogens with zero attached hydrogens (tertiary/aromatic N) is 2. The van der Waals surface area contributed by atoms with Gasteiger partial charge in [0, 0.05) is 38.9 Å². The molecule has 0 bridgehead atoms. The second-order valence-corrected chi connectivity index (χ2v) is 4.66. The zero-order chi connectivity index (χ0) is 13.7. The van der Waals surface area contributed by atoms with E-state index in [1.165, 1.54) is 12.7 Å². The lowest BCUT2D eigenvalue weighted by atomic mass is 10.2. The van der Waals surface area contributed by atoms with Crippen LogP contribution in [0.3, 0.4) is 0 Å². The van der Waals surface area contributed by atoms with E-state index in [1.807, 2.05) is 19.3 Å². The van der Waals surface area contributed by atoms with Crippen LogP contribution in [0, 0.1) is 0 Å². The van der Waals surface area contributed by atoms with Gasteiger partial charge in [0.15, 0.2) is 0 Å². The number of hydrogen-bond acceptors (Lipinski definition) is 5. The minimum Gasteiger partial charge on any atom is -0.453 e. The largest absolute Gasteiger partial charge is 0.453 e. The smallest absolute Gasteiger partial charge is 0.407 e. The van der Waals surface area contributed by atoms with Crippen molar-refractivity contribution in [1.29, 1.82) is 0 Å². The normalized spacial score (nSPS) is 19.2. The van der Waals surface area contributed by atoms with Gasteiger partial charge in [-0.2, -0.15) is 0 Å². The Morgan fingerprint density at radius 2 is 2.42 bits per heavy atom.